The molecular formula is C13H18BrNO3. The maximum Gasteiger partial charge on any atom is 0.337 e. The van der Waals surface area contributed by atoms with E-state index in [-0.39, 0.29) is 18.6 Å². The molecule has 0 amide bonds. The quantitative estimate of drug-likeness (QED) is 0.789. The maximum absolute atomic E-state index is 11.3. The number of ether oxygens (including phenoxy) is 1. The molecule has 0 fully saturated rings. The molecule has 0 saturated carbocycles. The summed E-state index contributed by atoms with van der Waals surface area (Å²) in [6.07, 6.45) is 0.720. The summed E-state index contributed by atoms with van der Waals surface area (Å²) in [6.45, 7) is 2.88. The fourth-order valence-electron chi connectivity index (χ4n) is 1.52. The Kier molecular flexibility index (Phi) is 6.32. The summed E-state index contributed by atoms with van der Waals surface area (Å²) in [6, 6.07) is 5.63. The van der Waals surface area contributed by atoms with Gasteiger partial charge in [-0.1, -0.05) is 22.0 Å². The molecule has 100 valence electrons. The molecule has 4 nitrogen and oxygen atoms in total. The summed E-state index contributed by atoms with van der Waals surface area (Å²) in [5, 5.41) is 12.1. The molecule has 0 spiro atoms. The lowest BCUT2D eigenvalue weighted by Crippen LogP contribution is -2.26. The van der Waals surface area contributed by atoms with Gasteiger partial charge in [0.15, 0.2) is 0 Å². The molecule has 0 saturated heterocycles. The van der Waals surface area contributed by atoms with Gasteiger partial charge >= 0.3 is 5.97 Å². The molecule has 0 aliphatic heterocycles. The Labute approximate surface area is 115 Å². The Morgan fingerprint density at radius 2 is 2.28 bits per heavy atom. The third-order valence-electron chi connectivity index (χ3n) is 2.68. The number of aliphatic hydroxyl groups excluding tert-OH is 1. The lowest BCUT2D eigenvalue weighted by molar-refractivity contribution is 0.0600. The molecule has 0 bridgehead atoms. The smallest absolute Gasteiger partial charge is 0.337 e. The van der Waals surface area contributed by atoms with Crippen LogP contribution in [-0.4, -0.2) is 30.8 Å². The normalized spacial score (nSPS) is 12.2. The van der Waals surface area contributed by atoms with Gasteiger partial charge in [-0.3, -0.25) is 0 Å². The SMILES string of the molecule is COC(=O)c1ccc(CNC(C)CCO)c(Br)c1. The Morgan fingerprint density at radius 3 is 2.83 bits per heavy atom. The number of aliphatic hydroxyl groups is 1. The minimum atomic E-state index is -0.344. The lowest BCUT2D eigenvalue weighted by atomic mass is 10.1. The average molecular weight is 316 g/mol. The van der Waals surface area contributed by atoms with E-state index in [0.29, 0.717) is 12.1 Å². The molecule has 1 aromatic carbocycles. The summed E-state index contributed by atoms with van der Waals surface area (Å²) in [5.74, 6) is -0.344. The fourth-order valence-corrected chi connectivity index (χ4v) is 2.03. The molecule has 2 N–H and O–H groups in total. The van der Waals surface area contributed by atoms with Crippen LogP contribution in [0.25, 0.3) is 0 Å². The maximum atomic E-state index is 11.3. The second-order valence-corrected chi connectivity index (χ2v) is 4.95. The van der Waals surface area contributed by atoms with Crippen molar-refractivity contribution in [1.82, 2.24) is 5.32 Å². The van der Waals surface area contributed by atoms with Crippen LogP contribution in [0.3, 0.4) is 0 Å². The first-order valence-electron chi connectivity index (χ1n) is 5.79. The van der Waals surface area contributed by atoms with E-state index in [2.05, 4.69) is 26.0 Å². The van der Waals surface area contributed by atoms with E-state index in [1.54, 1.807) is 12.1 Å². The Hall–Kier alpha value is -0.910. The molecule has 1 rings (SSSR count). The van der Waals surface area contributed by atoms with Gasteiger partial charge in [0.2, 0.25) is 0 Å². The van der Waals surface area contributed by atoms with E-state index in [0.717, 1.165) is 16.5 Å². The zero-order valence-corrected chi connectivity index (χ0v) is 12.2. The van der Waals surface area contributed by atoms with Crippen LogP contribution in [0.4, 0.5) is 0 Å². The molecule has 1 unspecified atom stereocenters. The zero-order chi connectivity index (χ0) is 13.5. The van der Waals surface area contributed by atoms with Crippen molar-refractivity contribution in [2.45, 2.75) is 25.9 Å². The number of hydrogen-bond donors (Lipinski definition) is 2. The predicted molar refractivity (Wildman–Crippen MR) is 73.5 cm³/mol. The first-order valence-corrected chi connectivity index (χ1v) is 6.58. The molecule has 1 atom stereocenters. The van der Waals surface area contributed by atoms with E-state index in [4.69, 9.17) is 5.11 Å². The number of carbonyl (C=O) groups excluding carboxylic acids is 1. The van der Waals surface area contributed by atoms with E-state index in [1.165, 1.54) is 7.11 Å². The highest BCUT2D eigenvalue weighted by Gasteiger charge is 2.09. The summed E-state index contributed by atoms with van der Waals surface area (Å²) in [4.78, 5) is 11.3. The highest BCUT2D eigenvalue weighted by molar-refractivity contribution is 9.10. The molecule has 0 aliphatic rings. The number of carbonyl (C=O) groups is 1. The predicted octanol–water partition coefficient (Wildman–Crippen LogP) is 2.10. The van der Waals surface area contributed by atoms with Crippen molar-refractivity contribution in [3.8, 4) is 0 Å². The number of nitrogens with one attached hydrogen (secondary N) is 1. The second kappa shape index (κ2) is 7.51. The molecular weight excluding hydrogens is 298 g/mol. The first-order chi connectivity index (χ1) is 8.58. The molecule has 0 radical (unpaired) electrons. The van der Waals surface area contributed by atoms with E-state index in [1.807, 2.05) is 13.0 Å². The van der Waals surface area contributed by atoms with Crippen LogP contribution < -0.4 is 5.32 Å². The average Bonchev–Trinajstić information content (AvgIpc) is 2.36. The van der Waals surface area contributed by atoms with Crippen molar-refractivity contribution in [2.75, 3.05) is 13.7 Å². The number of esters is 1. The Bertz CT molecular complexity index is 409. The third kappa shape index (κ3) is 4.40. The van der Waals surface area contributed by atoms with Crippen molar-refractivity contribution < 1.29 is 14.6 Å². The van der Waals surface area contributed by atoms with Crippen LogP contribution in [0.2, 0.25) is 0 Å². The van der Waals surface area contributed by atoms with Crippen LogP contribution in [0.15, 0.2) is 22.7 Å². The summed E-state index contributed by atoms with van der Waals surface area (Å²) >= 11 is 3.44. The van der Waals surface area contributed by atoms with Crippen LogP contribution in [0.5, 0.6) is 0 Å². The summed E-state index contributed by atoms with van der Waals surface area (Å²) in [5.41, 5.74) is 1.59. The number of halogens is 1. The van der Waals surface area contributed by atoms with Crippen LogP contribution in [0, 0.1) is 0 Å². The number of benzene rings is 1. The van der Waals surface area contributed by atoms with Crippen molar-refractivity contribution in [1.29, 1.82) is 0 Å². The Morgan fingerprint density at radius 1 is 1.56 bits per heavy atom. The van der Waals surface area contributed by atoms with Gasteiger partial charge < -0.3 is 15.2 Å². The second-order valence-electron chi connectivity index (χ2n) is 4.09. The minimum absolute atomic E-state index is 0.177. The fraction of sp³-hybridized carbons (Fsp3) is 0.462. The van der Waals surface area contributed by atoms with Gasteiger partial charge in [-0.15, -0.1) is 0 Å². The largest absolute Gasteiger partial charge is 0.465 e. The van der Waals surface area contributed by atoms with Crippen molar-refractivity contribution in [2.24, 2.45) is 0 Å². The molecule has 1 aromatic rings. The lowest BCUT2D eigenvalue weighted by Gasteiger charge is -2.13. The molecule has 18 heavy (non-hydrogen) atoms. The van der Waals surface area contributed by atoms with Gasteiger partial charge in [0.05, 0.1) is 12.7 Å². The zero-order valence-electron chi connectivity index (χ0n) is 10.6. The molecule has 0 aliphatic carbocycles. The first kappa shape index (κ1) is 15.1. The van der Waals surface area contributed by atoms with Crippen LogP contribution in [-0.2, 0) is 11.3 Å². The topological polar surface area (TPSA) is 58.6 Å². The summed E-state index contributed by atoms with van der Waals surface area (Å²) < 4.78 is 5.53. The van der Waals surface area contributed by atoms with Gasteiger partial charge in [0.25, 0.3) is 0 Å². The van der Waals surface area contributed by atoms with Crippen molar-refractivity contribution in [3.05, 3.63) is 33.8 Å². The Balaban J connectivity index is 2.65. The van der Waals surface area contributed by atoms with Gasteiger partial charge in [0, 0.05) is 23.7 Å². The van der Waals surface area contributed by atoms with Crippen LogP contribution in [0.1, 0.15) is 29.3 Å². The van der Waals surface area contributed by atoms with Gasteiger partial charge in [-0.2, -0.15) is 0 Å². The van der Waals surface area contributed by atoms with Gasteiger partial charge in [-0.05, 0) is 31.0 Å². The summed E-state index contributed by atoms with van der Waals surface area (Å²) in [7, 11) is 1.36. The number of hydrogen-bond acceptors (Lipinski definition) is 4. The van der Waals surface area contributed by atoms with E-state index >= 15 is 0 Å². The minimum Gasteiger partial charge on any atom is -0.465 e. The van der Waals surface area contributed by atoms with Crippen molar-refractivity contribution in [3.63, 3.8) is 0 Å². The van der Waals surface area contributed by atoms with Gasteiger partial charge in [-0.25, -0.2) is 4.79 Å². The van der Waals surface area contributed by atoms with E-state index < -0.39 is 0 Å². The third-order valence-corrected chi connectivity index (χ3v) is 3.42. The number of rotatable bonds is 6. The number of methoxy groups -OCH3 is 1. The van der Waals surface area contributed by atoms with Crippen molar-refractivity contribution >= 4 is 21.9 Å². The van der Waals surface area contributed by atoms with E-state index in [9.17, 15) is 4.79 Å². The van der Waals surface area contributed by atoms with Gasteiger partial charge in [0.1, 0.15) is 0 Å². The standard InChI is InChI=1S/C13H18BrNO3/c1-9(5-6-16)15-8-11-4-3-10(7-12(11)14)13(17)18-2/h3-4,7,9,15-16H,5-6,8H2,1-2H3. The van der Waals surface area contributed by atoms with Crippen LogP contribution >= 0.6 is 15.9 Å². The molecule has 0 aromatic heterocycles. The molecule has 0 heterocycles. The highest BCUT2D eigenvalue weighted by Crippen LogP contribution is 2.19. The highest BCUT2D eigenvalue weighted by atomic mass is 79.9. The molecule has 5 heteroatoms. The monoisotopic (exact) mass is 315 g/mol.